The van der Waals surface area contributed by atoms with Gasteiger partial charge in [-0.3, -0.25) is 9.30 Å². The molecule has 1 saturated heterocycles. The van der Waals surface area contributed by atoms with E-state index >= 15 is 0 Å². The maximum absolute atomic E-state index is 4.57. The fraction of sp³-hybridized carbons (Fsp3) is 0.600. The van der Waals surface area contributed by atoms with Crippen molar-refractivity contribution >= 4 is 5.78 Å². The summed E-state index contributed by atoms with van der Waals surface area (Å²) in [5, 5.41) is 3.46. The zero-order valence-corrected chi connectivity index (χ0v) is 12.1. The van der Waals surface area contributed by atoms with E-state index in [4.69, 9.17) is 0 Å². The van der Waals surface area contributed by atoms with E-state index in [9.17, 15) is 0 Å². The minimum Gasteiger partial charge on any atom is -0.317 e. The Morgan fingerprint density at radius 3 is 2.95 bits per heavy atom. The van der Waals surface area contributed by atoms with E-state index in [2.05, 4.69) is 33.3 Å². The molecule has 108 valence electrons. The van der Waals surface area contributed by atoms with Crippen LogP contribution >= 0.6 is 0 Å². The first-order valence-corrected chi connectivity index (χ1v) is 7.57. The van der Waals surface area contributed by atoms with Crippen LogP contribution in [0.5, 0.6) is 0 Å². The SMILES string of the molecule is CCNCC1CCN(Cc2cn3cccnc3n2)CC1. The van der Waals surface area contributed by atoms with E-state index in [-0.39, 0.29) is 0 Å². The molecule has 0 bridgehead atoms. The zero-order chi connectivity index (χ0) is 13.8. The Balaban J connectivity index is 1.54. The Labute approximate surface area is 120 Å². The maximum Gasteiger partial charge on any atom is 0.233 e. The molecule has 1 N–H and O–H groups in total. The Hall–Kier alpha value is -1.46. The average molecular weight is 273 g/mol. The summed E-state index contributed by atoms with van der Waals surface area (Å²) in [6, 6.07) is 1.94. The molecule has 1 fully saturated rings. The first-order valence-electron chi connectivity index (χ1n) is 7.57. The molecule has 20 heavy (non-hydrogen) atoms. The van der Waals surface area contributed by atoms with Gasteiger partial charge < -0.3 is 5.32 Å². The number of likely N-dealkylation sites (tertiary alicyclic amines) is 1. The predicted octanol–water partition coefficient (Wildman–Crippen LogP) is 1.55. The van der Waals surface area contributed by atoms with Gasteiger partial charge in [0, 0.05) is 25.1 Å². The van der Waals surface area contributed by atoms with E-state index in [1.54, 1.807) is 6.20 Å². The molecule has 3 heterocycles. The van der Waals surface area contributed by atoms with Crippen LogP contribution in [0.1, 0.15) is 25.5 Å². The van der Waals surface area contributed by atoms with Crippen LogP contribution in [-0.4, -0.2) is 45.4 Å². The van der Waals surface area contributed by atoms with Crippen LogP contribution in [0.25, 0.3) is 5.78 Å². The third-order valence-corrected chi connectivity index (χ3v) is 4.06. The third-order valence-electron chi connectivity index (χ3n) is 4.06. The quantitative estimate of drug-likeness (QED) is 0.898. The van der Waals surface area contributed by atoms with Gasteiger partial charge in [0.05, 0.1) is 5.69 Å². The minimum absolute atomic E-state index is 0.796. The van der Waals surface area contributed by atoms with Crippen molar-refractivity contribution in [3.63, 3.8) is 0 Å². The Morgan fingerprint density at radius 1 is 1.35 bits per heavy atom. The van der Waals surface area contributed by atoms with E-state index in [1.807, 2.05) is 16.7 Å². The van der Waals surface area contributed by atoms with Crippen molar-refractivity contribution in [3.8, 4) is 0 Å². The first kappa shape index (κ1) is 13.5. The Bertz CT molecular complexity index is 509. The summed E-state index contributed by atoms with van der Waals surface area (Å²) >= 11 is 0. The number of imidazole rings is 1. The van der Waals surface area contributed by atoms with Crippen molar-refractivity contribution in [3.05, 3.63) is 30.4 Å². The maximum atomic E-state index is 4.57. The molecule has 0 aromatic carbocycles. The van der Waals surface area contributed by atoms with E-state index < -0.39 is 0 Å². The summed E-state index contributed by atoms with van der Waals surface area (Å²) in [4.78, 5) is 11.3. The summed E-state index contributed by atoms with van der Waals surface area (Å²) in [6.07, 6.45) is 8.46. The van der Waals surface area contributed by atoms with Crippen LogP contribution < -0.4 is 5.32 Å². The van der Waals surface area contributed by atoms with Crippen molar-refractivity contribution in [1.82, 2.24) is 24.6 Å². The van der Waals surface area contributed by atoms with Gasteiger partial charge in [0.15, 0.2) is 0 Å². The Morgan fingerprint density at radius 2 is 2.20 bits per heavy atom. The summed E-state index contributed by atoms with van der Waals surface area (Å²) in [5.74, 6) is 1.64. The van der Waals surface area contributed by atoms with Crippen LogP contribution in [0.4, 0.5) is 0 Å². The number of fused-ring (bicyclic) bond motifs is 1. The first-order chi connectivity index (χ1) is 9.85. The third kappa shape index (κ3) is 3.16. The molecule has 0 saturated carbocycles. The lowest BCUT2D eigenvalue weighted by Crippen LogP contribution is -2.36. The molecule has 0 radical (unpaired) electrons. The smallest absolute Gasteiger partial charge is 0.233 e. The summed E-state index contributed by atoms with van der Waals surface area (Å²) in [7, 11) is 0. The normalized spacial score (nSPS) is 17.9. The van der Waals surface area contributed by atoms with Crippen molar-refractivity contribution in [1.29, 1.82) is 0 Å². The highest BCUT2D eigenvalue weighted by molar-refractivity contribution is 5.29. The summed E-state index contributed by atoms with van der Waals surface area (Å²) < 4.78 is 1.99. The highest BCUT2D eigenvalue weighted by Crippen LogP contribution is 2.18. The molecule has 2 aromatic heterocycles. The highest BCUT2D eigenvalue weighted by atomic mass is 15.2. The number of aromatic nitrogens is 3. The van der Waals surface area contributed by atoms with Gasteiger partial charge in [-0.1, -0.05) is 6.92 Å². The fourth-order valence-corrected chi connectivity index (χ4v) is 2.88. The second kappa shape index (κ2) is 6.33. The molecule has 3 rings (SSSR count). The highest BCUT2D eigenvalue weighted by Gasteiger charge is 2.19. The molecule has 0 aliphatic carbocycles. The monoisotopic (exact) mass is 273 g/mol. The van der Waals surface area contributed by atoms with E-state index in [0.717, 1.165) is 30.5 Å². The van der Waals surface area contributed by atoms with Gasteiger partial charge >= 0.3 is 0 Å². The Kier molecular flexibility index (Phi) is 4.28. The average Bonchev–Trinajstić information content (AvgIpc) is 2.89. The van der Waals surface area contributed by atoms with Crippen molar-refractivity contribution in [2.45, 2.75) is 26.3 Å². The molecule has 0 atom stereocenters. The van der Waals surface area contributed by atoms with Crippen molar-refractivity contribution < 1.29 is 0 Å². The summed E-state index contributed by atoms with van der Waals surface area (Å²) in [5.41, 5.74) is 1.12. The number of hydrogen-bond acceptors (Lipinski definition) is 4. The molecule has 2 aromatic rings. The molecule has 5 nitrogen and oxygen atoms in total. The minimum atomic E-state index is 0.796. The number of hydrogen-bond donors (Lipinski definition) is 1. The van der Waals surface area contributed by atoms with Crippen LogP contribution in [0.2, 0.25) is 0 Å². The van der Waals surface area contributed by atoms with Crippen molar-refractivity contribution in [2.75, 3.05) is 26.2 Å². The van der Waals surface area contributed by atoms with Crippen LogP contribution in [-0.2, 0) is 6.54 Å². The topological polar surface area (TPSA) is 45.5 Å². The number of piperidine rings is 1. The predicted molar refractivity (Wildman–Crippen MR) is 79.5 cm³/mol. The van der Waals surface area contributed by atoms with Gasteiger partial charge in [-0.15, -0.1) is 0 Å². The lowest BCUT2D eigenvalue weighted by Gasteiger charge is -2.31. The van der Waals surface area contributed by atoms with Crippen LogP contribution in [0.15, 0.2) is 24.7 Å². The van der Waals surface area contributed by atoms with Crippen LogP contribution in [0.3, 0.4) is 0 Å². The lowest BCUT2D eigenvalue weighted by atomic mass is 9.97. The molecule has 0 unspecified atom stereocenters. The van der Waals surface area contributed by atoms with Gasteiger partial charge in [-0.2, -0.15) is 0 Å². The fourth-order valence-electron chi connectivity index (χ4n) is 2.88. The van der Waals surface area contributed by atoms with Gasteiger partial charge in [0.1, 0.15) is 0 Å². The number of rotatable bonds is 5. The molecular weight excluding hydrogens is 250 g/mol. The largest absolute Gasteiger partial charge is 0.317 e. The lowest BCUT2D eigenvalue weighted by molar-refractivity contribution is 0.174. The molecule has 0 spiro atoms. The summed E-state index contributed by atoms with van der Waals surface area (Å²) in [6.45, 7) is 7.72. The molecule has 0 amide bonds. The van der Waals surface area contributed by atoms with Gasteiger partial charge in [0.25, 0.3) is 0 Å². The number of nitrogens with one attached hydrogen (secondary N) is 1. The molecule has 1 aliphatic heterocycles. The standard InChI is InChI=1S/C15H23N5/c1-2-16-10-13-4-8-19(9-5-13)11-14-12-20-7-3-6-17-15(20)18-14/h3,6-7,12-13,16H,2,4-5,8-11H2,1H3. The zero-order valence-electron chi connectivity index (χ0n) is 12.1. The molecule has 1 aliphatic rings. The van der Waals surface area contributed by atoms with E-state index in [0.29, 0.717) is 0 Å². The van der Waals surface area contributed by atoms with Gasteiger partial charge in [-0.05, 0) is 51.0 Å². The second-order valence-corrected chi connectivity index (χ2v) is 5.59. The van der Waals surface area contributed by atoms with Crippen LogP contribution in [0, 0.1) is 5.92 Å². The second-order valence-electron chi connectivity index (χ2n) is 5.59. The van der Waals surface area contributed by atoms with Crippen molar-refractivity contribution in [2.24, 2.45) is 5.92 Å². The van der Waals surface area contributed by atoms with Gasteiger partial charge in [0.2, 0.25) is 5.78 Å². The number of nitrogens with zero attached hydrogens (tertiary/aromatic N) is 4. The van der Waals surface area contributed by atoms with Gasteiger partial charge in [-0.25, -0.2) is 9.97 Å². The molecule has 5 heteroatoms. The van der Waals surface area contributed by atoms with E-state index in [1.165, 1.54) is 32.5 Å². The molecular formula is C15H23N5.